The monoisotopic (exact) mass is 432 g/mol. The summed E-state index contributed by atoms with van der Waals surface area (Å²) in [4.78, 5) is 21.3. The van der Waals surface area contributed by atoms with Gasteiger partial charge in [0.1, 0.15) is 11.5 Å². The van der Waals surface area contributed by atoms with E-state index in [-0.39, 0.29) is 30.3 Å². The summed E-state index contributed by atoms with van der Waals surface area (Å²) in [7, 11) is -1.14. The van der Waals surface area contributed by atoms with Crippen molar-refractivity contribution >= 4 is 38.3 Å². The van der Waals surface area contributed by atoms with Crippen molar-refractivity contribution in [2.75, 3.05) is 18.6 Å². The van der Waals surface area contributed by atoms with Gasteiger partial charge in [-0.3, -0.25) is 9.78 Å². The molecule has 1 aromatic heterocycles. The molecule has 0 radical (unpaired) electrons. The van der Waals surface area contributed by atoms with Crippen LogP contribution < -0.4 is 5.32 Å². The molecule has 1 atom stereocenters. The minimum absolute atomic E-state index is 0.0520. The van der Waals surface area contributed by atoms with Crippen LogP contribution in [0.25, 0.3) is 0 Å². The Bertz CT molecular complexity index is 1170. The van der Waals surface area contributed by atoms with Gasteiger partial charge in [0, 0.05) is 32.1 Å². The Morgan fingerprint density at radius 3 is 2.70 bits per heavy atom. The molecule has 0 saturated heterocycles. The Morgan fingerprint density at radius 2 is 2.03 bits per heavy atom. The lowest BCUT2D eigenvalue weighted by molar-refractivity contribution is -0.119. The quantitative estimate of drug-likeness (QED) is 0.706. The van der Waals surface area contributed by atoms with E-state index < -0.39 is 16.2 Å². The summed E-state index contributed by atoms with van der Waals surface area (Å²) in [6.45, 7) is 0. The molecule has 6 nitrogen and oxygen atoms in total. The lowest BCUT2D eigenvalue weighted by Gasteiger charge is -2.15. The molecule has 4 rings (SSSR count). The van der Waals surface area contributed by atoms with Crippen LogP contribution in [0.2, 0.25) is 0 Å². The van der Waals surface area contributed by atoms with Crippen molar-refractivity contribution in [3.63, 3.8) is 0 Å². The molecule has 1 aromatic carbocycles. The summed E-state index contributed by atoms with van der Waals surface area (Å²) >= 11 is 0. The van der Waals surface area contributed by atoms with Crippen molar-refractivity contribution in [1.82, 2.24) is 4.98 Å². The molecule has 1 saturated carbocycles. The van der Waals surface area contributed by atoms with Gasteiger partial charge in [-0.25, -0.2) is 22.3 Å². The first kappa shape index (κ1) is 20.6. The van der Waals surface area contributed by atoms with Crippen LogP contribution in [-0.4, -0.2) is 40.4 Å². The van der Waals surface area contributed by atoms with Crippen molar-refractivity contribution in [2.45, 2.75) is 37.0 Å². The van der Waals surface area contributed by atoms with E-state index in [2.05, 4.69) is 19.7 Å². The van der Waals surface area contributed by atoms with Gasteiger partial charge < -0.3 is 5.32 Å². The Balaban J connectivity index is 1.76. The molecular weight excluding hydrogens is 410 g/mol. The molecule has 158 valence electrons. The second-order valence-electron chi connectivity index (χ2n) is 7.56. The summed E-state index contributed by atoms with van der Waals surface area (Å²) in [6, 6.07) is 8.68. The maximum atomic E-state index is 13.3. The van der Waals surface area contributed by atoms with Crippen LogP contribution in [0.3, 0.4) is 0 Å². The zero-order chi connectivity index (χ0) is 21.5. The zero-order valence-corrected chi connectivity index (χ0v) is 17.5. The van der Waals surface area contributed by atoms with Crippen LogP contribution in [0.1, 0.15) is 24.2 Å². The fourth-order valence-corrected chi connectivity index (χ4v) is 4.49. The van der Waals surface area contributed by atoms with E-state index in [0.29, 0.717) is 33.3 Å². The predicted molar refractivity (Wildman–Crippen MR) is 113 cm³/mol. The van der Waals surface area contributed by atoms with Gasteiger partial charge in [-0.2, -0.15) is 0 Å². The second kappa shape index (κ2) is 7.86. The second-order valence-corrected chi connectivity index (χ2v) is 9.97. The van der Waals surface area contributed by atoms with Gasteiger partial charge in [-0.1, -0.05) is 12.1 Å². The van der Waals surface area contributed by atoms with Gasteiger partial charge in [0.2, 0.25) is 0 Å². The number of hydrogen-bond acceptors (Lipinski definition) is 6. The number of pyridine rings is 1. The number of halogens is 2. The third-order valence-corrected chi connectivity index (χ3v) is 7.14. The number of hydrogen-bond donors (Lipinski definition) is 1. The molecule has 2 heterocycles. The molecule has 9 heteroatoms. The highest BCUT2D eigenvalue weighted by Gasteiger charge is 2.31. The van der Waals surface area contributed by atoms with E-state index in [9.17, 15) is 17.8 Å². The normalized spacial score (nSPS) is 17.3. The fraction of sp³-hybridized carbons (Fsp3) is 0.381. The van der Waals surface area contributed by atoms with Gasteiger partial charge in [-0.05, 0) is 31.0 Å². The number of carbonyl (C=O) groups excluding carboxylic acids is 1. The van der Waals surface area contributed by atoms with Crippen LogP contribution in [-0.2, 0) is 27.4 Å². The van der Waals surface area contributed by atoms with Gasteiger partial charge in [0.05, 0.1) is 43.1 Å². The molecule has 2 aliphatic rings. The predicted octanol–water partition coefficient (Wildman–Crippen LogP) is 4.33. The summed E-state index contributed by atoms with van der Waals surface area (Å²) in [5, 5.41) is 3.19. The molecule has 0 spiro atoms. The number of Topliss-reactive ketones (excluding diaryl/α,β-unsaturated/α-hetero) is 1. The number of fused-ring (bicyclic) bond motifs is 1. The number of aliphatic imine (C=N–C) groups is 1. The molecule has 0 amide bonds. The molecule has 2 aromatic rings. The van der Waals surface area contributed by atoms with E-state index in [1.807, 2.05) is 0 Å². The smallest absolute Gasteiger partial charge is 0.277 e. The number of nitrogens with zero attached hydrogens (tertiary/aromatic N) is 3. The fourth-order valence-electron chi connectivity index (χ4n) is 3.44. The third-order valence-electron chi connectivity index (χ3n) is 5.27. The summed E-state index contributed by atoms with van der Waals surface area (Å²) in [6.07, 6.45) is 0.760. The van der Waals surface area contributed by atoms with Crippen LogP contribution in [0, 0.1) is 5.92 Å². The minimum atomic E-state index is -2.68. The van der Waals surface area contributed by atoms with Gasteiger partial charge in [0.15, 0.2) is 0 Å². The van der Waals surface area contributed by atoms with Crippen molar-refractivity contribution in [3.05, 3.63) is 41.7 Å². The van der Waals surface area contributed by atoms with Crippen LogP contribution in [0.5, 0.6) is 0 Å². The highest BCUT2D eigenvalue weighted by atomic mass is 32.2. The van der Waals surface area contributed by atoms with E-state index in [4.69, 9.17) is 0 Å². The Kier molecular flexibility index (Phi) is 5.40. The van der Waals surface area contributed by atoms with Gasteiger partial charge in [0.25, 0.3) is 6.43 Å². The maximum absolute atomic E-state index is 13.3. The first-order valence-corrected chi connectivity index (χ1v) is 11.6. The van der Waals surface area contributed by atoms with Crippen molar-refractivity contribution in [1.29, 1.82) is 0 Å². The molecule has 1 aliphatic heterocycles. The number of benzene rings is 1. The lowest BCUT2D eigenvalue weighted by Crippen LogP contribution is -2.11. The molecule has 0 bridgehead atoms. The van der Waals surface area contributed by atoms with Crippen molar-refractivity contribution in [3.8, 4) is 0 Å². The SMILES string of the molecule is CN=[S@](C)(=O)c1ccccc1Nc1cc(CC(=O)C2CC2)nc2c1N=C(C(F)F)C2. The topological polar surface area (TPSA) is 83.8 Å². The minimum Gasteiger partial charge on any atom is -0.353 e. The largest absolute Gasteiger partial charge is 0.353 e. The zero-order valence-electron chi connectivity index (χ0n) is 16.7. The van der Waals surface area contributed by atoms with E-state index in [1.165, 1.54) is 13.3 Å². The van der Waals surface area contributed by atoms with Gasteiger partial charge >= 0.3 is 0 Å². The molecule has 1 aliphatic carbocycles. The third kappa shape index (κ3) is 4.12. The number of rotatable bonds is 7. The number of aromatic nitrogens is 1. The highest BCUT2D eigenvalue weighted by Crippen LogP contribution is 2.39. The number of para-hydroxylation sites is 1. The number of nitrogens with one attached hydrogen (secondary N) is 1. The average molecular weight is 432 g/mol. The van der Waals surface area contributed by atoms with E-state index in [1.54, 1.807) is 30.3 Å². The number of anilines is 2. The lowest BCUT2D eigenvalue weighted by atomic mass is 10.1. The summed E-state index contributed by atoms with van der Waals surface area (Å²) in [5.41, 5.74) is 2.04. The average Bonchev–Trinajstić information content (AvgIpc) is 3.47. The first-order valence-electron chi connectivity index (χ1n) is 9.66. The van der Waals surface area contributed by atoms with Crippen LogP contribution in [0.4, 0.5) is 25.8 Å². The molecule has 30 heavy (non-hydrogen) atoms. The Morgan fingerprint density at radius 1 is 1.30 bits per heavy atom. The standard InChI is InChI=1S/C21H22F2N4O2S/c1-24-30(2,29)19-6-4-3-5-14(19)26-15-9-13(10-18(28)12-7-8-12)25-16-11-17(21(22)23)27-20(15)16/h3-6,9,12,21H,7-8,10-11H2,1-2H3,(H,25,26)/t30-/m1/s1. The van der Waals surface area contributed by atoms with E-state index in [0.717, 1.165) is 12.8 Å². The maximum Gasteiger partial charge on any atom is 0.277 e. The number of ketones is 1. The molecule has 1 N–H and O–H groups in total. The highest BCUT2D eigenvalue weighted by molar-refractivity contribution is 7.93. The summed E-state index contributed by atoms with van der Waals surface area (Å²) in [5.74, 6) is 0.198. The number of carbonyl (C=O) groups is 1. The van der Waals surface area contributed by atoms with E-state index >= 15 is 0 Å². The number of alkyl halides is 2. The molecule has 0 unspecified atom stereocenters. The Labute approximate surface area is 174 Å². The van der Waals surface area contributed by atoms with Crippen molar-refractivity contribution in [2.24, 2.45) is 15.3 Å². The van der Waals surface area contributed by atoms with Gasteiger partial charge in [-0.15, -0.1) is 0 Å². The van der Waals surface area contributed by atoms with Crippen LogP contribution >= 0.6 is 0 Å². The van der Waals surface area contributed by atoms with Crippen LogP contribution in [0.15, 0.2) is 44.6 Å². The molecule has 1 fully saturated rings. The van der Waals surface area contributed by atoms with Crippen molar-refractivity contribution < 1.29 is 17.8 Å². The summed E-state index contributed by atoms with van der Waals surface area (Å²) < 4.78 is 43.4. The molecular formula is C21H22F2N4O2S. The Hall–Kier alpha value is -2.68. The first-order chi connectivity index (χ1) is 14.3.